The highest BCUT2D eigenvalue weighted by Crippen LogP contribution is 2.08. The molecule has 0 saturated carbocycles. The van der Waals surface area contributed by atoms with Gasteiger partial charge in [0.15, 0.2) is 9.84 Å². The van der Waals surface area contributed by atoms with Gasteiger partial charge in [0.2, 0.25) is 5.91 Å². The zero-order valence-electron chi connectivity index (χ0n) is 8.28. The van der Waals surface area contributed by atoms with Gasteiger partial charge >= 0.3 is 0 Å². The van der Waals surface area contributed by atoms with Crippen molar-refractivity contribution in [3.63, 3.8) is 0 Å². The summed E-state index contributed by atoms with van der Waals surface area (Å²) >= 11 is 0. The van der Waals surface area contributed by atoms with E-state index in [1.165, 1.54) is 0 Å². The summed E-state index contributed by atoms with van der Waals surface area (Å²) < 4.78 is 22.6. The average Bonchev–Trinajstić information content (AvgIpc) is 1.99. The zero-order valence-corrected chi connectivity index (χ0v) is 9.10. The number of hydrogen-bond acceptors (Lipinski definition) is 3. The van der Waals surface area contributed by atoms with Gasteiger partial charge in [-0.25, -0.2) is 8.42 Å². The lowest BCUT2D eigenvalue weighted by Crippen LogP contribution is -2.25. The van der Waals surface area contributed by atoms with Crippen LogP contribution in [0.5, 0.6) is 0 Å². The van der Waals surface area contributed by atoms with Crippen LogP contribution in [0, 0.1) is 5.92 Å². The van der Waals surface area contributed by atoms with E-state index in [0.29, 0.717) is 6.42 Å². The molecule has 0 aromatic heterocycles. The second-order valence-electron chi connectivity index (χ2n) is 3.51. The number of hydrogen-bond donors (Lipinski definition) is 1. The van der Waals surface area contributed by atoms with Gasteiger partial charge in [-0.2, -0.15) is 0 Å². The summed E-state index contributed by atoms with van der Waals surface area (Å²) in [5.41, 5.74) is 5.01. The van der Waals surface area contributed by atoms with Crippen LogP contribution in [0.1, 0.15) is 27.2 Å². The van der Waals surface area contributed by atoms with Gasteiger partial charge in [0.25, 0.3) is 0 Å². The second-order valence-corrected chi connectivity index (χ2v) is 6.18. The Kier molecular flexibility index (Phi) is 4.39. The van der Waals surface area contributed by atoms with Crippen molar-refractivity contribution in [2.75, 3.05) is 5.75 Å². The number of rotatable bonds is 5. The Balaban J connectivity index is 4.11. The average molecular weight is 207 g/mol. The molecule has 1 unspecified atom stereocenters. The molecule has 0 spiro atoms. The summed E-state index contributed by atoms with van der Waals surface area (Å²) in [5.74, 6) is -0.776. The largest absolute Gasteiger partial charge is 0.369 e. The monoisotopic (exact) mass is 207 g/mol. The van der Waals surface area contributed by atoms with Crippen molar-refractivity contribution < 1.29 is 13.2 Å². The van der Waals surface area contributed by atoms with Crippen LogP contribution in [0.4, 0.5) is 0 Å². The van der Waals surface area contributed by atoms with Crippen molar-refractivity contribution in [3.05, 3.63) is 0 Å². The molecule has 0 rings (SSSR count). The van der Waals surface area contributed by atoms with Gasteiger partial charge in [-0.05, 0) is 20.3 Å². The summed E-state index contributed by atoms with van der Waals surface area (Å²) in [6.07, 6.45) is 0.315. The molecule has 0 radical (unpaired) electrons. The van der Waals surface area contributed by atoms with Crippen molar-refractivity contribution in [1.82, 2.24) is 0 Å². The number of nitrogens with two attached hydrogens (primary N) is 1. The third-order valence-electron chi connectivity index (χ3n) is 2.04. The highest BCUT2D eigenvalue weighted by molar-refractivity contribution is 7.91. The molecule has 0 aliphatic heterocycles. The molecule has 5 heteroatoms. The van der Waals surface area contributed by atoms with E-state index in [0.717, 1.165) is 0 Å². The van der Waals surface area contributed by atoms with Gasteiger partial charge in [-0.3, -0.25) is 4.79 Å². The minimum absolute atomic E-state index is 0.0365. The number of sulfone groups is 1. The second kappa shape index (κ2) is 4.60. The zero-order chi connectivity index (χ0) is 10.6. The lowest BCUT2D eigenvalue weighted by Gasteiger charge is -2.09. The van der Waals surface area contributed by atoms with Gasteiger partial charge in [0.1, 0.15) is 0 Å². The predicted molar refractivity (Wildman–Crippen MR) is 51.9 cm³/mol. The molecule has 0 aromatic carbocycles. The fourth-order valence-corrected chi connectivity index (χ4v) is 1.87. The summed E-state index contributed by atoms with van der Waals surface area (Å²) in [5, 5.41) is -0.382. The Hall–Kier alpha value is -0.580. The molecule has 1 amide bonds. The molecule has 13 heavy (non-hydrogen) atoms. The van der Waals surface area contributed by atoms with Gasteiger partial charge in [0.05, 0.1) is 11.0 Å². The van der Waals surface area contributed by atoms with Crippen LogP contribution in [0.15, 0.2) is 0 Å². The quantitative estimate of drug-likeness (QED) is 0.705. The van der Waals surface area contributed by atoms with E-state index in [4.69, 9.17) is 5.73 Å². The molecule has 78 valence electrons. The maximum Gasteiger partial charge on any atom is 0.220 e. The van der Waals surface area contributed by atoms with Crippen molar-refractivity contribution in [3.8, 4) is 0 Å². The summed E-state index contributed by atoms with van der Waals surface area (Å²) in [7, 11) is -3.03. The number of carbonyl (C=O) groups is 1. The fourth-order valence-electron chi connectivity index (χ4n) is 0.719. The van der Waals surface area contributed by atoms with E-state index in [2.05, 4.69) is 0 Å². The maximum absolute atomic E-state index is 11.3. The molecule has 0 heterocycles. The standard InChI is InChI=1S/C8H17NO3S/c1-6(2)13(11,12)5-4-7(3)8(9)10/h6-7H,4-5H2,1-3H3,(H2,9,10). The fraction of sp³-hybridized carbons (Fsp3) is 0.875. The third kappa shape index (κ3) is 4.26. The van der Waals surface area contributed by atoms with Gasteiger partial charge in [0, 0.05) is 5.92 Å². The van der Waals surface area contributed by atoms with Crippen LogP contribution >= 0.6 is 0 Å². The van der Waals surface area contributed by atoms with Crippen molar-refractivity contribution >= 4 is 15.7 Å². The Morgan fingerprint density at radius 3 is 2.08 bits per heavy atom. The normalized spacial score (nSPS) is 14.5. The molecule has 4 nitrogen and oxygen atoms in total. The van der Waals surface area contributed by atoms with Crippen molar-refractivity contribution in [2.24, 2.45) is 11.7 Å². The van der Waals surface area contributed by atoms with Crippen molar-refractivity contribution in [1.29, 1.82) is 0 Å². The molecule has 1 atom stereocenters. The Labute approximate surface area is 79.4 Å². The first kappa shape index (κ1) is 12.4. The van der Waals surface area contributed by atoms with E-state index in [9.17, 15) is 13.2 Å². The van der Waals surface area contributed by atoms with Crippen LogP contribution in [0.2, 0.25) is 0 Å². The number of primary amides is 1. The van der Waals surface area contributed by atoms with Crippen LogP contribution in [0.25, 0.3) is 0 Å². The number of carbonyl (C=O) groups excluding carboxylic acids is 1. The lowest BCUT2D eigenvalue weighted by molar-refractivity contribution is -0.121. The first-order valence-electron chi connectivity index (χ1n) is 4.28. The van der Waals surface area contributed by atoms with E-state index < -0.39 is 15.7 Å². The smallest absolute Gasteiger partial charge is 0.220 e. The minimum Gasteiger partial charge on any atom is -0.369 e. The van der Waals surface area contributed by atoms with Crippen LogP contribution < -0.4 is 5.73 Å². The van der Waals surface area contributed by atoms with E-state index in [1.54, 1.807) is 20.8 Å². The molecule has 0 aliphatic rings. The topological polar surface area (TPSA) is 77.2 Å². The summed E-state index contributed by atoms with van der Waals surface area (Å²) in [6, 6.07) is 0. The van der Waals surface area contributed by atoms with E-state index in [1.807, 2.05) is 0 Å². The SMILES string of the molecule is CC(CCS(=O)(=O)C(C)C)C(N)=O. The third-order valence-corrected chi connectivity index (χ3v) is 4.28. The highest BCUT2D eigenvalue weighted by Gasteiger charge is 2.18. The van der Waals surface area contributed by atoms with E-state index >= 15 is 0 Å². The maximum atomic E-state index is 11.3. The summed E-state index contributed by atoms with van der Waals surface area (Å²) in [6.45, 7) is 4.90. The number of amides is 1. The molecule has 2 N–H and O–H groups in total. The Morgan fingerprint density at radius 2 is 1.77 bits per heavy atom. The first-order chi connectivity index (χ1) is 5.77. The molecular weight excluding hydrogens is 190 g/mol. The van der Waals surface area contributed by atoms with Crippen LogP contribution in [0.3, 0.4) is 0 Å². The minimum atomic E-state index is -3.03. The molecule has 0 bridgehead atoms. The van der Waals surface area contributed by atoms with Crippen molar-refractivity contribution in [2.45, 2.75) is 32.4 Å². The molecule has 0 saturated heterocycles. The van der Waals surface area contributed by atoms with Crippen LogP contribution in [-0.2, 0) is 14.6 Å². The molecule has 0 fully saturated rings. The van der Waals surface area contributed by atoms with Gasteiger partial charge in [-0.15, -0.1) is 0 Å². The van der Waals surface area contributed by atoms with E-state index in [-0.39, 0.29) is 16.9 Å². The summed E-state index contributed by atoms with van der Waals surface area (Å²) in [4.78, 5) is 10.6. The van der Waals surface area contributed by atoms with Gasteiger partial charge in [-0.1, -0.05) is 6.92 Å². The lowest BCUT2D eigenvalue weighted by atomic mass is 10.1. The van der Waals surface area contributed by atoms with Crippen LogP contribution in [-0.4, -0.2) is 25.3 Å². The first-order valence-corrected chi connectivity index (χ1v) is 5.99. The Bertz CT molecular complexity index is 269. The predicted octanol–water partition coefficient (Wildman–Crippen LogP) is 0.321. The molecule has 0 aliphatic carbocycles. The highest BCUT2D eigenvalue weighted by atomic mass is 32.2. The van der Waals surface area contributed by atoms with Gasteiger partial charge < -0.3 is 5.73 Å². The molecular formula is C8H17NO3S. The molecule has 0 aromatic rings. The Morgan fingerprint density at radius 1 is 1.31 bits per heavy atom.